The SMILES string of the molecule is C[SiH](C)OC(c1cccnc1NC(=O)OC(C)(C)C)C(C)(C)C. The van der Waals surface area contributed by atoms with E-state index in [2.05, 4.69) is 44.2 Å². The predicted octanol–water partition coefficient (Wildman–Crippen LogP) is 4.52. The first-order chi connectivity index (χ1) is 10.4. The van der Waals surface area contributed by atoms with E-state index in [4.69, 9.17) is 9.16 Å². The van der Waals surface area contributed by atoms with Crippen molar-refractivity contribution >= 4 is 21.0 Å². The molecule has 1 aromatic rings. The molecule has 0 saturated carbocycles. The molecule has 0 radical (unpaired) electrons. The van der Waals surface area contributed by atoms with Crippen molar-refractivity contribution in [3.8, 4) is 0 Å². The molecule has 23 heavy (non-hydrogen) atoms. The molecule has 0 aliphatic heterocycles. The van der Waals surface area contributed by atoms with E-state index >= 15 is 0 Å². The maximum atomic E-state index is 12.1. The van der Waals surface area contributed by atoms with Crippen molar-refractivity contribution in [3.05, 3.63) is 23.9 Å². The summed E-state index contributed by atoms with van der Waals surface area (Å²) in [5.74, 6) is 0.497. The van der Waals surface area contributed by atoms with Crippen LogP contribution >= 0.6 is 0 Å². The van der Waals surface area contributed by atoms with E-state index < -0.39 is 20.7 Å². The number of ether oxygens (including phenoxy) is 1. The highest BCUT2D eigenvalue weighted by Gasteiger charge is 2.31. The topological polar surface area (TPSA) is 60.5 Å². The Labute approximate surface area is 141 Å². The van der Waals surface area contributed by atoms with E-state index in [1.54, 1.807) is 6.20 Å². The molecule has 5 nitrogen and oxygen atoms in total. The molecular formula is C17H30N2O3Si. The molecule has 0 spiro atoms. The molecule has 1 unspecified atom stereocenters. The molecule has 1 heterocycles. The van der Waals surface area contributed by atoms with Crippen molar-refractivity contribution in [2.24, 2.45) is 5.41 Å². The van der Waals surface area contributed by atoms with Gasteiger partial charge in [0, 0.05) is 11.8 Å². The highest BCUT2D eigenvalue weighted by atomic mass is 28.3. The molecule has 1 atom stereocenters. The Kier molecular flexibility index (Phi) is 6.36. The molecule has 0 saturated heterocycles. The van der Waals surface area contributed by atoms with Gasteiger partial charge in [0.25, 0.3) is 0 Å². The van der Waals surface area contributed by atoms with Crippen molar-refractivity contribution in [3.63, 3.8) is 0 Å². The maximum absolute atomic E-state index is 12.1. The van der Waals surface area contributed by atoms with Crippen LogP contribution in [0.5, 0.6) is 0 Å². The number of rotatable bonds is 4. The lowest BCUT2D eigenvalue weighted by molar-refractivity contribution is 0.0632. The molecule has 0 bridgehead atoms. The number of amides is 1. The minimum absolute atomic E-state index is 0.106. The zero-order valence-corrected chi connectivity index (χ0v) is 16.7. The number of aromatic nitrogens is 1. The number of carbonyl (C=O) groups is 1. The average molecular weight is 339 g/mol. The summed E-state index contributed by atoms with van der Waals surface area (Å²) in [7, 11) is -1.26. The highest BCUT2D eigenvalue weighted by Crippen LogP contribution is 2.39. The van der Waals surface area contributed by atoms with Gasteiger partial charge in [-0.3, -0.25) is 5.32 Å². The van der Waals surface area contributed by atoms with Gasteiger partial charge < -0.3 is 9.16 Å². The summed E-state index contributed by atoms with van der Waals surface area (Å²) >= 11 is 0. The Hall–Kier alpha value is -1.40. The van der Waals surface area contributed by atoms with Gasteiger partial charge in [-0.1, -0.05) is 26.8 Å². The van der Waals surface area contributed by atoms with E-state index in [0.29, 0.717) is 5.82 Å². The first kappa shape index (κ1) is 19.6. The Morgan fingerprint density at radius 3 is 2.30 bits per heavy atom. The van der Waals surface area contributed by atoms with Crippen LogP contribution in [0.1, 0.15) is 53.2 Å². The van der Waals surface area contributed by atoms with Crippen LogP contribution < -0.4 is 5.32 Å². The van der Waals surface area contributed by atoms with Gasteiger partial charge in [-0.05, 0) is 45.3 Å². The summed E-state index contributed by atoms with van der Waals surface area (Å²) in [5, 5.41) is 2.76. The number of nitrogens with zero attached hydrogens (tertiary/aromatic N) is 1. The second kappa shape index (κ2) is 7.44. The van der Waals surface area contributed by atoms with Crippen molar-refractivity contribution in [2.45, 2.75) is 66.3 Å². The zero-order chi connectivity index (χ0) is 17.8. The standard InChI is InChI=1S/C17H30N2O3Si/c1-16(2,3)13(22-23(7)8)12-10-9-11-18-14(12)19-15(20)21-17(4,5)6/h9-11,13,23H,1-8H3,(H,18,19,20). The van der Waals surface area contributed by atoms with Gasteiger partial charge >= 0.3 is 6.09 Å². The molecule has 0 fully saturated rings. The number of pyridine rings is 1. The molecule has 1 aromatic heterocycles. The van der Waals surface area contributed by atoms with Gasteiger partial charge in [0.15, 0.2) is 9.04 Å². The summed E-state index contributed by atoms with van der Waals surface area (Å²) in [6.45, 7) is 16.1. The van der Waals surface area contributed by atoms with Gasteiger partial charge in [-0.25, -0.2) is 9.78 Å². The van der Waals surface area contributed by atoms with Crippen molar-refractivity contribution in [2.75, 3.05) is 5.32 Å². The van der Waals surface area contributed by atoms with Gasteiger partial charge in [0.2, 0.25) is 0 Å². The van der Waals surface area contributed by atoms with Gasteiger partial charge in [-0.15, -0.1) is 0 Å². The van der Waals surface area contributed by atoms with E-state index in [1.807, 2.05) is 32.9 Å². The summed E-state index contributed by atoms with van der Waals surface area (Å²) in [6, 6.07) is 3.81. The van der Waals surface area contributed by atoms with Crippen LogP contribution in [0.2, 0.25) is 13.1 Å². The highest BCUT2D eigenvalue weighted by molar-refractivity contribution is 6.48. The van der Waals surface area contributed by atoms with Gasteiger partial charge in [-0.2, -0.15) is 0 Å². The Balaban J connectivity index is 3.10. The van der Waals surface area contributed by atoms with Crippen LogP contribution in [0.25, 0.3) is 0 Å². The smallest absolute Gasteiger partial charge is 0.413 e. The molecule has 0 aliphatic rings. The van der Waals surface area contributed by atoms with Gasteiger partial charge in [0.05, 0.1) is 6.10 Å². The van der Waals surface area contributed by atoms with E-state index in [-0.39, 0.29) is 11.5 Å². The molecule has 1 rings (SSSR count). The van der Waals surface area contributed by atoms with Crippen molar-refractivity contribution in [1.29, 1.82) is 0 Å². The molecule has 1 amide bonds. The second-order valence-corrected chi connectivity index (χ2v) is 10.4. The van der Waals surface area contributed by atoms with E-state index in [0.717, 1.165) is 5.56 Å². The third kappa shape index (κ3) is 6.70. The normalized spacial score (nSPS) is 13.8. The summed E-state index contributed by atoms with van der Waals surface area (Å²) in [5.41, 5.74) is 0.223. The molecular weight excluding hydrogens is 308 g/mol. The lowest BCUT2D eigenvalue weighted by Crippen LogP contribution is -2.30. The fraction of sp³-hybridized carbons (Fsp3) is 0.647. The first-order valence-corrected chi connectivity index (χ1v) is 10.8. The number of nitrogens with one attached hydrogen (secondary N) is 1. The monoisotopic (exact) mass is 338 g/mol. The van der Waals surface area contributed by atoms with Crippen LogP contribution in [0, 0.1) is 5.41 Å². The number of anilines is 1. The third-order valence-corrected chi connectivity index (χ3v) is 3.75. The molecule has 1 N–H and O–H groups in total. The zero-order valence-electron chi connectivity index (χ0n) is 15.6. The molecule has 0 aromatic carbocycles. The Morgan fingerprint density at radius 1 is 1.22 bits per heavy atom. The van der Waals surface area contributed by atoms with Crippen LogP contribution in [-0.4, -0.2) is 25.7 Å². The predicted molar refractivity (Wildman–Crippen MR) is 96.3 cm³/mol. The first-order valence-electron chi connectivity index (χ1n) is 8.00. The molecule has 6 heteroatoms. The summed E-state index contributed by atoms with van der Waals surface area (Å²) in [6.07, 6.45) is 1.02. The van der Waals surface area contributed by atoms with Crippen LogP contribution in [-0.2, 0) is 9.16 Å². The Bertz CT molecular complexity index is 533. The van der Waals surface area contributed by atoms with E-state index in [9.17, 15) is 4.79 Å². The quantitative estimate of drug-likeness (QED) is 0.820. The van der Waals surface area contributed by atoms with Crippen LogP contribution in [0.4, 0.5) is 10.6 Å². The molecule has 0 aliphatic carbocycles. The lowest BCUT2D eigenvalue weighted by atomic mass is 9.85. The largest absolute Gasteiger partial charge is 0.444 e. The summed E-state index contributed by atoms with van der Waals surface area (Å²) in [4.78, 5) is 16.4. The number of carbonyl (C=O) groups excluding carboxylic acids is 1. The minimum atomic E-state index is -1.26. The average Bonchev–Trinajstić information content (AvgIpc) is 2.33. The van der Waals surface area contributed by atoms with E-state index in [1.165, 1.54) is 0 Å². The van der Waals surface area contributed by atoms with Gasteiger partial charge in [0.1, 0.15) is 11.4 Å². The van der Waals surface area contributed by atoms with Crippen LogP contribution in [0.15, 0.2) is 18.3 Å². The van der Waals surface area contributed by atoms with Crippen molar-refractivity contribution in [1.82, 2.24) is 4.98 Å². The summed E-state index contributed by atoms with van der Waals surface area (Å²) < 4.78 is 11.6. The second-order valence-electron chi connectivity index (χ2n) is 8.00. The number of hydrogen-bond acceptors (Lipinski definition) is 4. The fourth-order valence-electron chi connectivity index (χ4n) is 2.15. The lowest BCUT2D eigenvalue weighted by Gasteiger charge is -2.33. The van der Waals surface area contributed by atoms with Crippen molar-refractivity contribution < 1.29 is 14.0 Å². The van der Waals surface area contributed by atoms with Crippen LogP contribution in [0.3, 0.4) is 0 Å². The fourth-order valence-corrected chi connectivity index (χ4v) is 3.25. The Morgan fingerprint density at radius 2 is 1.83 bits per heavy atom. The maximum Gasteiger partial charge on any atom is 0.413 e. The molecule has 130 valence electrons. The minimum Gasteiger partial charge on any atom is -0.444 e. The third-order valence-electron chi connectivity index (χ3n) is 2.94. The number of hydrogen-bond donors (Lipinski definition) is 1.